The van der Waals surface area contributed by atoms with Gasteiger partial charge in [-0.05, 0) is 36.1 Å². The molecule has 2 aromatic heterocycles. The largest absolute Gasteiger partial charge is 0.383 e. The van der Waals surface area contributed by atoms with Gasteiger partial charge in [0.1, 0.15) is 0 Å². The Morgan fingerprint density at radius 2 is 2.10 bits per heavy atom. The van der Waals surface area contributed by atoms with E-state index < -0.39 is 15.9 Å². The van der Waals surface area contributed by atoms with Crippen molar-refractivity contribution in [3.8, 4) is 0 Å². The summed E-state index contributed by atoms with van der Waals surface area (Å²) in [4.78, 5) is 14.0. The van der Waals surface area contributed by atoms with Crippen LogP contribution in [0, 0.1) is 6.92 Å². The normalized spacial score (nSPS) is 11.5. The van der Waals surface area contributed by atoms with Gasteiger partial charge in [0.15, 0.2) is 4.34 Å². The molecule has 0 spiro atoms. The highest BCUT2D eigenvalue weighted by atomic mass is 32.2. The van der Waals surface area contributed by atoms with Crippen molar-refractivity contribution < 1.29 is 17.9 Å². The Morgan fingerprint density at radius 1 is 1.27 bits per heavy atom. The van der Waals surface area contributed by atoms with E-state index >= 15 is 0 Å². The molecule has 30 heavy (non-hydrogen) atoms. The number of aryl methyl sites for hydroxylation is 1. The quantitative estimate of drug-likeness (QED) is 0.258. The molecule has 8 nitrogen and oxygen atoms in total. The van der Waals surface area contributed by atoms with Crippen LogP contribution in [0.3, 0.4) is 0 Å². The summed E-state index contributed by atoms with van der Waals surface area (Å²) in [6.07, 6.45) is 0. The van der Waals surface area contributed by atoms with Crippen LogP contribution in [0.2, 0.25) is 0 Å². The number of nitrogens with zero attached hydrogens (tertiary/aromatic N) is 2. The average Bonchev–Trinajstić information content (AvgIpc) is 3.38. The minimum atomic E-state index is -3.74. The maximum Gasteiger partial charge on any atom is 0.257 e. The molecule has 0 radical (unpaired) electrons. The minimum absolute atomic E-state index is 0.0128. The molecule has 0 saturated carbocycles. The van der Waals surface area contributed by atoms with Crippen LogP contribution in [-0.2, 0) is 20.5 Å². The maximum atomic E-state index is 12.7. The first-order chi connectivity index (χ1) is 14.4. The number of carbonyl (C=O) groups excluding carboxylic acids is 1. The van der Waals surface area contributed by atoms with Gasteiger partial charge in [-0.15, -0.1) is 21.5 Å². The highest BCUT2D eigenvalue weighted by Gasteiger charge is 2.19. The van der Waals surface area contributed by atoms with Crippen molar-refractivity contribution in [2.75, 3.05) is 25.6 Å². The fourth-order valence-electron chi connectivity index (χ4n) is 2.38. The Morgan fingerprint density at radius 3 is 2.83 bits per heavy atom. The fraction of sp³-hybridized carbons (Fsp3) is 0.278. The van der Waals surface area contributed by atoms with Gasteiger partial charge in [-0.3, -0.25) is 10.1 Å². The molecule has 3 rings (SSSR count). The summed E-state index contributed by atoms with van der Waals surface area (Å²) in [5.74, 6) is 0.349. The first kappa shape index (κ1) is 22.8. The van der Waals surface area contributed by atoms with Crippen LogP contribution in [0.25, 0.3) is 0 Å². The molecule has 0 aliphatic heterocycles. The summed E-state index contributed by atoms with van der Waals surface area (Å²) < 4.78 is 32.8. The number of sulfonamides is 1. The van der Waals surface area contributed by atoms with Gasteiger partial charge in [0, 0.05) is 29.8 Å². The van der Waals surface area contributed by atoms with Gasteiger partial charge < -0.3 is 4.74 Å². The number of ether oxygens (including phenoxy) is 1. The molecule has 3 aromatic rings. The van der Waals surface area contributed by atoms with Crippen LogP contribution in [0.15, 0.2) is 44.9 Å². The highest BCUT2D eigenvalue weighted by molar-refractivity contribution is 8.00. The predicted octanol–water partition coefficient (Wildman–Crippen LogP) is 3.38. The van der Waals surface area contributed by atoms with E-state index in [1.54, 1.807) is 36.1 Å². The first-order valence-electron chi connectivity index (χ1n) is 8.78. The predicted molar refractivity (Wildman–Crippen MR) is 120 cm³/mol. The van der Waals surface area contributed by atoms with Crippen molar-refractivity contribution >= 4 is 55.5 Å². The maximum absolute atomic E-state index is 12.7. The van der Waals surface area contributed by atoms with E-state index in [0.717, 1.165) is 10.1 Å². The van der Waals surface area contributed by atoms with E-state index in [2.05, 4.69) is 26.3 Å². The van der Waals surface area contributed by atoms with Crippen LogP contribution < -0.4 is 10.0 Å². The van der Waals surface area contributed by atoms with Gasteiger partial charge in [0.2, 0.25) is 15.2 Å². The standard InChI is InChI=1S/C18H20N4O4S4/c1-12-5-6-14(30(24,25)19-7-8-26-2)10-15(12)16(23)20-17-21-22-18(29-17)28-11-13-4-3-9-27-13/h3-6,9-10,19H,7-8,11H2,1-2H3,(H,20,21,23). The number of anilines is 1. The Hall–Kier alpha value is -1.83. The molecular weight excluding hydrogens is 464 g/mol. The summed E-state index contributed by atoms with van der Waals surface area (Å²) in [6.45, 7) is 2.14. The molecule has 12 heteroatoms. The number of amides is 1. The zero-order valence-electron chi connectivity index (χ0n) is 16.2. The van der Waals surface area contributed by atoms with Crippen molar-refractivity contribution in [3.05, 3.63) is 51.7 Å². The molecule has 2 heterocycles. The lowest BCUT2D eigenvalue weighted by Crippen LogP contribution is -2.27. The monoisotopic (exact) mass is 484 g/mol. The van der Waals surface area contributed by atoms with E-state index in [0.29, 0.717) is 10.7 Å². The number of nitrogens with one attached hydrogen (secondary N) is 2. The summed E-state index contributed by atoms with van der Waals surface area (Å²) in [5.41, 5.74) is 0.910. The van der Waals surface area contributed by atoms with E-state index in [-0.39, 0.29) is 23.6 Å². The van der Waals surface area contributed by atoms with Gasteiger partial charge >= 0.3 is 0 Å². The second-order valence-electron chi connectivity index (χ2n) is 6.06. The molecule has 0 aliphatic carbocycles. The molecular formula is C18H20N4O4S4. The zero-order valence-corrected chi connectivity index (χ0v) is 19.5. The summed E-state index contributed by atoms with van der Waals surface area (Å²) in [6, 6.07) is 8.46. The van der Waals surface area contributed by atoms with Crippen molar-refractivity contribution in [2.45, 2.75) is 21.9 Å². The lowest BCUT2D eigenvalue weighted by Gasteiger charge is -2.10. The van der Waals surface area contributed by atoms with Crippen LogP contribution >= 0.6 is 34.4 Å². The van der Waals surface area contributed by atoms with Gasteiger partial charge in [-0.2, -0.15) is 0 Å². The minimum Gasteiger partial charge on any atom is -0.383 e. The Labute approximate surface area is 187 Å². The van der Waals surface area contributed by atoms with E-state index in [9.17, 15) is 13.2 Å². The number of thiophene rings is 1. The number of hydrogen-bond acceptors (Lipinski definition) is 9. The van der Waals surface area contributed by atoms with Crippen molar-refractivity contribution in [1.29, 1.82) is 0 Å². The molecule has 1 amide bonds. The first-order valence-corrected chi connectivity index (χ1v) is 12.9. The number of rotatable bonds is 10. The molecule has 0 atom stereocenters. The topological polar surface area (TPSA) is 110 Å². The second-order valence-corrected chi connectivity index (χ2v) is 11.1. The average molecular weight is 485 g/mol. The summed E-state index contributed by atoms with van der Waals surface area (Å²) in [5, 5.41) is 13.2. The number of benzene rings is 1. The van der Waals surface area contributed by atoms with Crippen molar-refractivity contribution in [2.24, 2.45) is 0 Å². The molecule has 1 aromatic carbocycles. The molecule has 160 valence electrons. The van der Waals surface area contributed by atoms with E-state index in [1.807, 2.05) is 11.4 Å². The highest BCUT2D eigenvalue weighted by Crippen LogP contribution is 2.30. The van der Waals surface area contributed by atoms with Crippen LogP contribution in [0.5, 0.6) is 0 Å². The fourth-order valence-corrected chi connectivity index (χ4v) is 5.94. The molecule has 0 bridgehead atoms. The third-order valence-electron chi connectivity index (χ3n) is 3.91. The number of aromatic nitrogens is 2. The lowest BCUT2D eigenvalue weighted by atomic mass is 10.1. The Balaban J connectivity index is 1.68. The SMILES string of the molecule is COCCNS(=O)(=O)c1ccc(C)c(C(=O)Nc2nnc(SCc3cccs3)s2)c1. The summed E-state index contributed by atoms with van der Waals surface area (Å²) >= 11 is 4.49. The zero-order chi connectivity index (χ0) is 21.6. The molecule has 0 saturated heterocycles. The lowest BCUT2D eigenvalue weighted by molar-refractivity contribution is 0.102. The number of hydrogen-bond donors (Lipinski definition) is 2. The van der Waals surface area contributed by atoms with Crippen LogP contribution in [0.4, 0.5) is 5.13 Å². The van der Waals surface area contributed by atoms with Gasteiger partial charge in [-0.1, -0.05) is 35.2 Å². The second kappa shape index (κ2) is 10.5. The number of methoxy groups -OCH3 is 1. The number of thioether (sulfide) groups is 1. The smallest absolute Gasteiger partial charge is 0.257 e. The third-order valence-corrected chi connectivity index (χ3v) is 8.45. The number of carbonyl (C=O) groups is 1. The van der Waals surface area contributed by atoms with E-state index in [4.69, 9.17) is 4.74 Å². The van der Waals surface area contributed by atoms with Crippen LogP contribution in [0.1, 0.15) is 20.8 Å². The van der Waals surface area contributed by atoms with Gasteiger partial charge in [0.25, 0.3) is 5.91 Å². The molecule has 2 N–H and O–H groups in total. The van der Waals surface area contributed by atoms with Crippen LogP contribution in [-0.4, -0.2) is 44.8 Å². The van der Waals surface area contributed by atoms with E-state index in [1.165, 1.54) is 35.5 Å². The molecule has 0 aliphatic rings. The third kappa shape index (κ3) is 6.09. The Kier molecular flexibility index (Phi) is 7.97. The van der Waals surface area contributed by atoms with Gasteiger partial charge in [-0.25, -0.2) is 13.1 Å². The molecule has 0 unspecified atom stereocenters. The Bertz CT molecular complexity index is 1100. The summed E-state index contributed by atoms with van der Waals surface area (Å²) in [7, 11) is -2.25. The van der Waals surface area contributed by atoms with Gasteiger partial charge in [0.05, 0.1) is 11.5 Å². The molecule has 0 fully saturated rings. The van der Waals surface area contributed by atoms with Crippen molar-refractivity contribution in [3.63, 3.8) is 0 Å². The van der Waals surface area contributed by atoms with Crippen molar-refractivity contribution in [1.82, 2.24) is 14.9 Å².